The fraction of sp³-hybridized carbons (Fsp3) is 0.643. The summed E-state index contributed by atoms with van der Waals surface area (Å²) in [7, 11) is 0. The Morgan fingerprint density at radius 3 is 1.88 bits per heavy atom. The minimum atomic E-state index is -1.16. The van der Waals surface area contributed by atoms with Crippen molar-refractivity contribution in [1.29, 1.82) is 0 Å². The van der Waals surface area contributed by atoms with E-state index in [9.17, 15) is 9.90 Å². The van der Waals surface area contributed by atoms with Crippen LogP contribution in [0.2, 0.25) is 10.6 Å². The molecule has 2 nitrogen and oxygen atoms in total. The summed E-state index contributed by atoms with van der Waals surface area (Å²) in [5, 5.41) is 12.6. The number of carboxylic acid groups (broad SMARTS) is 1. The van der Waals surface area contributed by atoms with E-state index < -0.39 is 5.97 Å². The molecular weight excluding hydrogens is 227 g/mol. The Morgan fingerprint density at radius 1 is 1.12 bits per heavy atom. The Morgan fingerprint density at radius 2 is 1.59 bits per heavy atom. The number of aliphatic carboxylic acids is 1. The molecule has 0 saturated heterocycles. The van der Waals surface area contributed by atoms with Crippen LogP contribution < -0.4 is 5.11 Å². The molecule has 0 unspecified atom stereocenters. The van der Waals surface area contributed by atoms with E-state index in [1.807, 2.05) is 0 Å². The summed E-state index contributed by atoms with van der Waals surface area (Å²) in [6, 6.07) is 0. The summed E-state index contributed by atoms with van der Waals surface area (Å²) >= 11 is 0.755. The van der Waals surface area contributed by atoms with E-state index in [2.05, 4.69) is 27.7 Å². The van der Waals surface area contributed by atoms with Crippen LogP contribution in [0.5, 0.6) is 0 Å². The van der Waals surface area contributed by atoms with Crippen LogP contribution >= 0.6 is 0 Å². The average molecular weight is 252 g/mol. The summed E-state index contributed by atoms with van der Waals surface area (Å²) < 4.78 is 0. The second-order valence-corrected chi connectivity index (χ2v) is 6.27. The summed E-state index contributed by atoms with van der Waals surface area (Å²) in [5.41, 5.74) is 0. The van der Waals surface area contributed by atoms with E-state index in [1.54, 1.807) is 19.1 Å². The quantitative estimate of drug-likeness (QED) is 0.414. The molecule has 0 aliphatic carbocycles. The monoisotopic (exact) mass is 252 g/mol. The first-order chi connectivity index (χ1) is 7.90. The van der Waals surface area contributed by atoms with Crippen molar-refractivity contribution in [3.63, 3.8) is 0 Å². The first kappa shape index (κ1) is 18.8. The zero-order chi connectivity index (χ0) is 13.7. The first-order valence-corrected chi connectivity index (χ1v) is 7.85. The molecule has 0 fully saturated rings. The SMILES string of the molecule is C/C=C/C=C/C(=O)[O-].CC(C)[CH2][Al+][CH2]C(C)C. The van der Waals surface area contributed by atoms with E-state index in [4.69, 9.17) is 0 Å². The van der Waals surface area contributed by atoms with Gasteiger partial charge >= 0.3 is 65.3 Å². The molecule has 0 saturated carbocycles. The zero-order valence-electron chi connectivity index (χ0n) is 11.8. The van der Waals surface area contributed by atoms with Crippen molar-refractivity contribution in [3.8, 4) is 0 Å². The molecule has 0 heterocycles. The number of hydrogen-bond donors (Lipinski definition) is 0. The van der Waals surface area contributed by atoms with Crippen LogP contribution in [0.15, 0.2) is 24.3 Å². The number of carboxylic acids is 1. The number of carbonyl (C=O) groups excluding carboxylic acids is 1. The molecule has 0 aliphatic heterocycles. The zero-order valence-corrected chi connectivity index (χ0v) is 12.9. The normalized spacial score (nSPS) is 10.8. The van der Waals surface area contributed by atoms with Gasteiger partial charge in [0.15, 0.2) is 0 Å². The number of rotatable bonds is 6. The van der Waals surface area contributed by atoms with Gasteiger partial charge in [-0.2, -0.15) is 0 Å². The molecule has 0 bridgehead atoms. The van der Waals surface area contributed by atoms with Crippen LogP contribution in [0, 0.1) is 11.8 Å². The average Bonchev–Trinajstić information content (AvgIpc) is 2.17. The molecule has 0 atom stereocenters. The van der Waals surface area contributed by atoms with Gasteiger partial charge in [0, 0.05) is 0 Å². The maximum atomic E-state index is 9.64. The number of allylic oxidation sites excluding steroid dienone is 3. The van der Waals surface area contributed by atoms with Gasteiger partial charge in [0.2, 0.25) is 0 Å². The van der Waals surface area contributed by atoms with Crippen molar-refractivity contribution in [2.75, 3.05) is 0 Å². The molecule has 0 amide bonds. The Bertz CT molecular complexity index is 222. The van der Waals surface area contributed by atoms with Gasteiger partial charge in [0.25, 0.3) is 0 Å². The number of hydrogen-bond acceptors (Lipinski definition) is 2. The van der Waals surface area contributed by atoms with Crippen molar-refractivity contribution in [2.24, 2.45) is 11.8 Å². The van der Waals surface area contributed by atoms with Crippen molar-refractivity contribution >= 4 is 21.2 Å². The van der Waals surface area contributed by atoms with Gasteiger partial charge < -0.3 is 9.90 Å². The second kappa shape index (κ2) is 13.5. The predicted molar refractivity (Wildman–Crippen MR) is 74.0 cm³/mol. The van der Waals surface area contributed by atoms with Gasteiger partial charge in [0.05, 0.1) is 5.97 Å². The first-order valence-electron chi connectivity index (χ1n) is 6.22. The Kier molecular flexibility index (Phi) is 15.0. The molecule has 0 spiro atoms. The molecule has 0 rings (SSSR count). The molecule has 0 N–H and O–H groups in total. The summed E-state index contributed by atoms with van der Waals surface area (Å²) in [5.74, 6) is 0.695. The van der Waals surface area contributed by atoms with E-state index in [0.29, 0.717) is 0 Å². The molecule has 0 aromatic rings. The van der Waals surface area contributed by atoms with Crippen molar-refractivity contribution in [1.82, 2.24) is 0 Å². The van der Waals surface area contributed by atoms with Crippen LogP contribution in [-0.4, -0.2) is 21.2 Å². The molecule has 3 heteroatoms. The standard InChI is InChI=1S/C6H8O2.2C4H9.Al/c1-2-3-4-5-6(7)8;2*1-4(2)3;/h2-5H,1H3,(H,7,8);2*4H,1H2,2-3H3;/q;;;+1/p-1/b3-2+,5-4+;;;. The third kappa shape index (κ3) is 25.6. The summed E-state index contributed by atoms with van der Waals surface area (Å²) in [6.07, 6.45) is 5.74. The third-order valence-electron chi connectivity index (χ3n) is 1.81. The van der Waals surface area contributed by atoms with Gasteiger partial charge in [-0.3, -0.25) is 0 Å². The van der Waals surface area contributed by atoms with Gasteiger partial charge in [-0.15, -0.1) is 0 Å². The molecule has 0 aromatic carbocycles. The van der Waals surface area contributed by atoms with Crippen LogP contribution in [0.1, 0.15) is 34.6 Å². The van der Waals surface area contributed by atoms with Gasteiger partial charge in [-0.05, 0) is 13.0 Å². The van der Waals surface area contributed by atoms with Crippen LogP contribution in [0.4, 0.5) is 0 Å². The van der Waals surface area contributed by atoms with E-state index in [0.717, 1.165) is 33.1 Å². The van der Waals surface area contributed by atoms with E-state index in [1.165, 1.54) is 16.6 Å². The van der Waals surface area contributed by atoms with Crippen molar-refractivity contribution < 1.29 is 9.90 Å². The molecule has 0 aliphatic rings. The molecular formula is C14H25AlO2. The van der Waals surface area contributed by atoms with Crippen LogP contribution in [0.3, 0.4) is 0 Å². The predicted octanol–water partition coefficient (Wildman–Crippen LogP) is 2.71. The second-order valence-electron chi connectivity index (χ2n) is 4.75. The Balaban J connectivity index is 0. The maximum absolute atomic E-state index is 9.64. The minimum absolute atomic E-state index is 0.755. The van der Waals surface area contributed by atoms with Gasteiger partial charge in [-0.1, -0.05) is 18.2 Å². The van der Waals surface area contributed by atoms with E-state index in [-0.39, 0.29) is 0 Å². The fourth-order valence-corrected chi connectivity index (χ4v) is 2.53. The molecule has 0 aromatic heterocycles. The van der Waals surface area contributed by atoms with Crippen LogP contribution in [0.25, 0.3) is 0 Å². The van der Waals surface area contributed by atoms with Crippen LogP contribution in [-0.2, 0) is 4.79 Å². The van der Waals surface area contributed by atoms with Crippen molar-refractivity contribution in [2.45, 2.75) is 45.2 Å². The third-order valence-corrected chi connectivity index (χ3v) is 4.36. The summed E-state index contributed by atoms with van der Waals surface area (Å²) in [4.78, 5) is 9.64. The Hall–Kier alpha value is -0.518. The molecule has 17 heavy (non-hydrogen) atoms. The Labute approximate surface area is 113 Å². The number of carbonyl (C=O) groups is 1. The fourth-order valence-electron chi connectivity index (χ4n) is 1.01. The van der Waals surface area contributed by atoms with Gasteiger partial charge in [0.1, 0.15) is 0 Å². The topological polar surface area (TPSA) is 40.1 Å². The molecule has 0 radical (unpaired) electrons. The van der Waals surface area contributed by atoms with Gasteiger partial charge in [-0.25, -0.2) is 0 Å². The van der Waals surface area contributed by atoms with E-state index >= 15 is 0 Å². The van der Waals surface area contributed by atoms with Crippen molar-refractivity contribution in [3.05, 3.63) is 24.3 Å². The molecule has 96 valence electrons. The summed E-state index contributed by atoms with van der Waals surface area (Å²) in [6.45, 7) is 11.1.